The van der Waals surface area contributed by atoms with Gasteiger partial charge in [0.15, 0.2) is 0 Å². The summed E-state index contributed by atoms with van der Waals surface area (Å²) in [6.07, 6.45) is 0.651. The minimum atomic E-state index is -0.533. The number of anilines is 1. The summed E-state index contributed by atoms with van der Waals surface area (Å²) in [5.74, 6) is 0.378. The molecule has 2 amide bonds. The van der Waals surface area contributed by atoms with Crippen molar-refractivity contribution in [3.05, 3.63) is 23.8 Å². The van der Waals surface area contributed by atoms with Gasteiger partial charge in [0, 0.05) is 37.5 Å². The molecule has 0 saturated carbocycles. The Bertz CT molecular complexity index is 573. The highest BCUT2D eigenvalue weighted by molar-refractivity contribution is 5.96. The maximum atomic E-state index is 12.5. The summed E-state index contributed by atoms with van der Waals surface area (Å²) in [7, 11) is 3.14. The minimum absolute atomic E-state index is 0.0389. The van der Waals surface area contributed by atoms with E-state index in [2.05, 4.69) is 5.32 Å². The molecule has 1 atom stereocenters. The number of benzene rings is 1. The monoisotopic (exact) mass is 291 g/mol. The van der Waals surface area contributed by atoms with Crippen LogP contribution in [0.5, 0.6) is 5.75 Å². The van der Waals surface area contributed by atoms with Crippen LogP contribution in [-0.2, 0) is 4.79 Å². The molecule has 0 aliphatic carbocycles. The van der Waals surface area contributed by atoms with Gasteiger partial charge < -0.3 is 20.7 Å². The molecule has 6 heteroatoms. The van der Waals surface area contributed by atoms with Crippen LogP contribution in [0.15, 0.2) is 18.2 Å². The molecular weight excluding hydrogens is 270 g/mol. The molecule has 0 spiro atoms. The molecule has 1 aromatic rings. The molecule has 1 heterocycles. The van der Waals surface area contributed by atoms with Crippen molar-refractivity contribution in [3.8, 4) is 5.75 Å². The lowest BCUT2D eigenvalue weighted by atomic mass is 9.89. The zero-order chi connectivity index (χ0) is 15.6. The van der Waals surface area contributed by atoms with Gasteiger partial charge in [-0.15, -0.1) is 0 Å². The summed E-state index contributed by atoms with van der Waals surface area (Å²) in [5, 5.41) is 2.66. The quantitative estimate of drug-likeness (QED) is 0.810. The van der Waals surface area contributed by atoms with Crippen LogP contribution in [0, 0.1) is 5.41 Å². The smallest absolute Gasteiger partial charge is 0.254 e. The van der Waals surface area contributed by atoms with Gasteiger partial charge in [0.1, 0.15) is 5.75 Å². The Hall–Kier alpha value is -2.24. The molecule has 3 N–H and O–H groups in total. The molecule has 0 aromatic heterocycles. The third kappa shape index (κ3) is 2.94. The summed E-state index contributed by atoms with van der Waals surface area (Å²) < 4.78 is 5.13. The van der Waals surface area contributed by atoms with Gasteiger partial charge in [0.2, 0.25) is 5.91 Å². The van der Waals surface area contributed by atoms with Crippen molar-refractivity contribution < 1.29 is 14.3 Å². The Morgan fingerprint density at radius 2 is 2.10 bits per heavy atom. The number of nitrogens with zero attached hydrogens (tertiary/aromatic N) is 1. The van der Waals surface area contributed by atoms with Crippen LogP contribution in [0.2, 0.25) is 0 Å². The molecule has 1 saturated heterocycles. The number of methoxy groups -OCH3 is 1. The fraction of sp³-hybridized carbons (Fsp3) is 0.467. The van der Waals surface area contributed by atoms with E-state index in [1.165, 1.54) is 7.11 Å². The SMILES string of the molecule is CNC(=O)C1(C)CCN(C(=O)c2cc(N)cc(OC)c2)C1. The largest absolute Gasteiger partial charge is 0.497 e. The first-order valence-corrected chi connectivity index (χ1v) is 6.85. The van der Waals surface area contributed by atoms with E-state index >= 15 is 0 Å². The topological polar surface area (TPSA) is 84.7 Å². The van der Waals surface area contributed by atoms with Gasteiger partial charge in [-0.05, 0) is 25.5 Å². The second kappa shape index (κ2) is 5.63. The summed E-state index contributed by atoms with van der Waals surface area (Å²) >= 11 is 0. The maximum Gasteiger partial charge on any atom is 0.254 e. The number of amides is 2. The lowest BCUT2D eigenvalue weighted by molar-refractivity contribution is -0.128. The first-order valence-electron chi connectivity index (χ1n) is 6.85. The van der Waals surface area contributed by atoms with Crippen molar-refractivity contribution in [1.82, 2.24) is 10.2 Å². The lowest BCUT2D eigenvalue weighted by Gasteiger charge is -2.23. The molecule has 114 valence electrons. The van der Waals surface area contributed by atoms with Crippen LogP contribution in [0.3, 0.4) is 0 Å². The van der Waals surface area contributed by atoms with Crippen LogP contribution in [0.1, 0.15) is 23.7 Å². The van der Waals surface area contributed by atoms with Gasteiger partial charge in [-0.25, -0.2) is 0 Å². The van der Waals surface area contributed by atoms with E-state index < -0.39 is 5.41 Å². The van der Waals surface area contributed by atoms with Crippen LogP contribution >= 0.6 is 0 Å². The minimum Gasteiger partial charge on any atom is -0.497 e. The van der Waals surface area contributed by atoms with E-state index in [9.17, 15) is 9.59 Å². The Kier molecular flexibility index (Phi) is 4.06. The second-order valence-electron chi connectivity index (χ2n) is 5.61. The number of hydrogen-bond acceptors (Lipinski definition) is 4. The third-order valence-electron chi connectivity index (χ3n) is 3.95. The van der Waals surface area contributed by atoms with Crippen molar-refractivity contribution in [2.24, 2.45) is 5.41 Å². The average molecular weight is 291 g/mol. The van der Waals surface area contributed by atoms with Gasteiger partial charge in [0.25, 0.3) is 5.91 Å². The highest BCUT2D eigenvalue weighted by Gasteiger charge is 2.41. The predicted molar refractivity (Wildman–Crippen MR) is 80.1 cm³/mol. The van der Waals surface area contributed by atoms with Crippen molar-refractivity contribution >= 4 is 17.5 Å². The van der Waals surface area contributed by atoms with E-state index in [4.69, 9.17) is 10.5 Å². The number of rotatable bonds is 3. The molecule has 21 heavy (non-hydrogen) atoms. The number of nitrogens with two attached hydrogens (primary N) is 1. The van der Waals surface area contributed by atoms with Crippen molar-refractivity contribution in [2.45, 2.75) is 13.3 Å². The summed E-state index contributed by atoms with van der Waals surface area (Å²) in [6.45, 7) is 2.83. The Balaban J connectivity index is 2.19. The van der Waals surface area contributed by atoms with E-state index in [1.807, 2.05) is 6.92 Å². The molecule has 0 radical (unpaired) electrons. The van der Waals surface area contributed by atoms with Gasteiger partial charge in [-0.1, -0.05) is 0 Å². The van der Waals surface area contributed by atoms with Crippen LogP contribution in [0.4, 0.5) is 5.69 Å². The van der Waals surface area contributed by atoms with Gasteiger partial charge in [-0.3, -0.25) is 9.59 Å². The number of carbonyl (C=O) groups excluding carboxylic acids is 2. The zero-order valence-corrected chi connectivity index (χ0v) is 12.6. The number of likely N-dealkylation sites (tertiary alicyclic amines) is 1. The molecule has 6 nitrogen and oxygen atoms in total. The Labute approximate surface area is 124 Å². The molecule has 2 rings (SSSR count). The van der Waals surface area contributed by atoms with Gasteiger partial charge >= 0.3 is 0 Å². The third-order valence-corrected chi connectivity index (χ3v) is 3.95. The Morgan fingerprint density at radius 1 is 1.38 bits per heavy atom. The molecule has 1 fully saturated rings. The number of carbonyl (C=O) groups is 2. The van der Waals surface area contributed by atoms with Crippen LogP contribution < -0.4 is 15.8 Å². The number of hydrogen-bond donors (Lipinski definition) is 2. The highest BCUT2D eigenvalue weighted by atomic mass is 16.5. The summed E-state index contributed by atoms with van der Waals surface area (Å²) in [4.78, 5) is 26.1. The van der Waals surface area contributed by atoms with Crippen LogP contribution in [-0.4, -0.2) is 44.0 Å². The number of ether oxygens (including phenoxy) is 1. The fourth-order valence-corrected chi connectivity index (χ4v) is 2.67. The number of nitrogens with one attached hydrogen (secondary N) is 1. The predicted octanol–water partition coefficient (Wildman–Crippen LogP) is 0.876. The first kappa shape index (κ1) is 15.2. The molecule has 1 aliphatic heterocycles. The Morgan fingerprint density at radius 3 is 2.71 bits per heavy atom. The van der Waals surface area contributed by atoms with E-state index in [0.29, 0.717) is 36.5 Å². The van der Waals surface area contributed by atoms with Crippen molar-refractivity contribution in [3.63, 3.8) is 0 Å². The maximum absolute atomic E-state index is 12.5. The molecule has 1 unspecified atom stereocenters. The highest BCUT2D eigenvalue weighted by Crippen LogP contribution is 2.31. The summed E-state index contributed by atoms with van der Waals surface area (Å²) in [5.41, 5.74) is 6.20. The van der Waals surface area contributed by atoms with Crippen LogP contribution in [0.25, 0.3) is 0 Å². The molecule has 0 bridgehead atoms. The fourth-order valence-electron chi connectivity index (χ4n) is 2.67. The molecular formula is C15H21N3O3. The van der Waals surface area contributed by atoms with Crippen molar-refractivity contribution in [2.75, 3.05) is 33.0 Å². The first-order chi connectivity index (χ1) is 9.89. The van der Waals surface area contributed by atoms with E-state index in [1.54, 1.807) is 30.1 Å². The van der Waals surface area contributed by atoms with E-state index in [0.717, 1.165) is 0 Å². The standard InChI is InChI=1S/C15H21N3O3/c1-15(14(20)17-2)4-5-18(9-15)13(19)10-6-11(16)8-12(7-10)21-3/h6-8H,4-5,9,16H2,1-3H3,(H,17,20). The molecule has 1 aromatic carbocycles. The number of nitrogen functional groups attached to an aromatic ring is 1. The average Bonchev–Trinajstić information content (AvgIpc) is 2.88. The normalized spacial score (nSPS) is 21.2. The van der Waals surface area contributed by atoms with Gasteiger partial charge in [-0.2, -0.15) is 0 Å². The zero-order valence-electron chi connectivity index (χ0n) is 12.6. The van der Waals surface area contributed by atoms with Crippen molar-refractivity contribution in [1.29, 1.82) is 0 Å². The second-order valence-corrected chi connectivity index (χ2v) is 5.61. The summed E-state index contributed by atoms with van der Waals surface area (Å²) in [6, 6.07) is 4.95. The lowest BCUT2D eigenvalue weighted by Crippen LogP contribution is -2.40. The molecule has 1 aliphatic rings. The van der Waals surface area contributed by atoms with Gasteiger partial charge in [0.05, 0.1) is 12.5 Å². The van der Waals surface area contributed by atoms with E-state index in [-0.39, 0.29) is 11.8 Å².